The van der Waals surface area contributed by atoms with Crippen LogP contribution in [0.25, 0.3) is 0 Å². The van der Waals surface area contributed by atoms with Gasteiger partial charge in [0.25, 0.3) is 5.91 Å². The monoisotopic (exact) mass is 554 g/mol. The number of carbonyl (C=O) groups is 4. The topological polar surface area (TPSA) is 128 Å². The summed E-state index contributed by atoms with van der Waals surface area (Å²) in [6.07, 6.45) is 7.73. The first-order valence-corrected chi connectivity index (χ1v) is 13.9. The molecule has 10 heteroatoms. The highest BCUT2D eigenvalue weighted by Gasteiger charge is 2.39. The number of anilines is 1. The second kappa shape index (κ2) is 13.6. The summed E-state index contributed by atoms with van der Waals surface area (Å²) >= 11 is 6.29. The molecule has 1 fully saturated rings. The normalized spacial score (nSPS) is 16.7. The van der Waals surface area contributed by atoms with Gasteiger partial charge in [0.15, 0.2) is 0 Å². The smallest absolute Gasteiger partial charge is 0.319 e. The molecule has 0 saturated carbocycles. The van der Waals surface area contributed by atoms with Gasteiger partial charge in [0.1, 0.15) is 6.04 Å². The molecule has 4 rings (SSSR count). The first-order chi connectivity index (χ1) is 18.8. The van der Waals surface area contributed by atoms with Crippen molar-refractivity contribution in [3.63, 3.8) is 0 Å². The van der Waals surface area contributed by atoms with E-state index in [1.807, 2.05) is 18.2 Å². The molecule has 2 aliphatic heterocycles. The maximum atomic E-state index is 12.9. The zero-order chi connectivity index (χ0) is 27.8. The summed E-state index contributed by atoms with van der Waals surface area (Å²) in [5.74, 6) is -0.984. The van der Waals surface area contributed by atoms with Gasteiger partial charge in [0.05, 0.1) is 0 Å². The number of fused-ring (bicyclic) bond motifs is 1. The third-order valence-corrected chi connectivity index (χ3v) is 7.35. The lowest BCUT2D eigenvalue weighted by atomic mass is 10.0. The molecule has 0 spiro atoms. The molecule has 39 heavy (non-hydrogen) atoms. The number of unbranched alkanes of at least 4 members (excludes halogenated alkanes) is 5. The number of halogens is 1. The zero-order valence-corrected chi connectivity index (χ0v) is 22.7. The maximum absolute atomic E-state index is 12.9. The van der Waals surface area contributed by atoms with Crippen LogP contribution >= 0.6 is 11.6 Å². The summed E-state index contributed by atoms with van der Waals surface area (Å²) in [4.78, 5) is 50.6. The number of aryl methyl sites for hydroxylation is 1. The number of nitrogens with zero attached hydrogens (tertiary/aromatic N) is 1. The first-order valence-electron chi connectivity index (χ1n) is 13.6. The molecule has 2 aromatic rings. The van der Waals surface area contributed by atoms with Crippen LogP contribution in [0.2, 0.25) is 5.02 Å². The van der Waals surface area contributed by atoms with Gasteiger partial charge in [-0.2, -0.15) is 0 Å². The van der Waals surface area contributed by atoms with Crippen LogP contribution in [0.5, 0.6) is 0 Å². The fourth-order valence-corrected chi connectivity index (χ4v) is 5.37. The highest BCUT2D eigenvalue weighted by molar-refractivity contribution is 6.31. The Labute approximate surface area is 233 Å². The van der Waals surface area contributed by atoms with Crippen molar-refractivity contribution in [1.82, 2.24) is 15.5 Å². The number of aliphatic hydroxyl groups is 1. The molecule has 0 bridgehead atoms. The summed E-state index contributed by atoms with van der Waals surface area (Å²) in [5, 5.41) is 17.4. The summed E-state index contributed by atoms with van der Waals surface area (Å²) in [5.41, 5.74) is 3.84. The van der Waals surface area contributed by atoms with E-state index in [0.717, 1.165) is 61.6 Å². The lowest BCUT2D eigenvalue weighted by Crippen LogP contribution is -2.52. The van der Waals surface area contributed by atoms with Crippen molar-refractivity contribution >= 4 is 41.0 Å². The van der Waals surface area contributed by atoms with E-state index in [0.29, 0.717) is 22.7 Å². The van der Waals surface area contributed by atoms with Gasteiger partial charge in [-0.25, -0.2) is 4.79 Å². The van der Waals surface area contributed by atoms with Crippen molar-refractivity contribution < 1.29 is 24.3 Å². The van der Waals surface area contributed by atoms with E-state index in [-0.39, 0.29) is 44.0 Å². The number of amides is 5. The molecule has 0 radical (unpaired) electrons. The highest BCUT2D eigenvalue weighted by Crippen LogP contribution is 2.28. The number of imide groups is 1. The van der Waals surface area contributed by atoms with Crippen LogP contribution in [0.15, 0.2) is 36.4 Å². The summed E-state index contributed by atoms with van der Waals surface area (Å²) in [6, 6.07) is 9.90. The number of nitrogens with one attached hydrogen (secondary N) is 3. The molecule has 1 atom stereocenters. The van der Waals surface area contributed by atoms with Crippen LogP contribution in [-0.4, -0.2) is 46.4 Å². The number of carbonyl (C=O) groups excluding carboxylic acids is 4. The van der Waals surface area contributed by atoms with Crippen LogP contribution in [0, 0.1) is 0 Å². The van der Waals surface area contributed by atoms with Gasteiger partial charge < -0.3 is 20.6 Å². The van der Waals surface area contributed by atoms with Crippen molar-refractivity contribution in [3.8, 4) is 0 Å². The van der Waals surface area contributed by atoms with Gasteiger partial charge in [0.2, 0.25) is 11.8 Å². The molecular weight excluding hydrogens is 520 g/mol. The first kappa shape index (κ1) is 28.6. The standard InChI is InChI=1S/C29H35ClN4O5/c30-22-14-19(7-5-3-1-2-4-6-12-35)15-23(16-22)32-29(39)31-17-20-8-9-24-21(13-20)18-34(28(24)38)25-10-11-26(36)33-27(25)37/h8-9,13-16,25,35H,1-7,10-12,17-18H2,(H2,31,32,39)(H,33,36,37). The number of hydrogen-bond acceptors (Lipinski definition) is 5. The molecule has 208 valence electrons. The lowest BCUT2D eigenvalue weighted by Gasteiger charge is -2.29. The molecule has 1 unspecified atom stereocenters. The number of aliphatic hydroxyl groups excluding tert-OH is 1. The molecule has 0 aliphatic carbocycles. The number of rotatable bonds is 12. The summed E-state index contributed by atoms with van der Waals surface area (Å²) in [7, 11) is 0. The molecule has 0 aromatic heterocycles. The Morgan fingerprint density at radius 3 is 2.54 bits per heavy atom. The van der Waals surface area contributed by atoms with Crippen molar-refractivity contribution in [2.24, 2.45) is 0 Å². The molecule has 9 nitrogen and oxygen atoms in total. The van der Waals surface area contributed by atoms with Crippen molar-refractivity contribution in [2.75, 3.05) is 11.9 Å². The Hall–Kier alpha value is -3.43. The Morgan fingerprint density at radius 1 is 1.00 bits per heavy atom. The third-order valence-electron chi connectivity index (χ3n) is 7.13. The quantitative estimate of drug-likeness (QED) is 0.230. The molecular formula is C29H35ClN4O5. The molecule has 5 amide bonds. The van der Waals surface area contributed by atoms with E-state index in [9.17, 15) is 19.2 Å². The van der Waals surface area contributed by atoms with Gasteiger partial charge in [-0.15, -0.1) is 0 Å². The van der Waals surface area contributed by atoms with Gasteiger partial charge in [-0.3, -0.25) is 19.7 Å². The third kappa shape index (κ3) is 7.80. The SMILES string of the molecule is O=C1CCC(N2Cc3cc(CNC(=O)Nc4cc(Cl)cc(CCCCCCCCO)c4)ccc3C2=O)C(=O)N1. The van der Waals surface area contributed by atoms with Crippen LogP contribution in [0.3, 0.4) is 0 Å². The largest absolute Gasteiger partial charge is 0.396 e. The molecule has 1 saturated heterocycles. The average molecular weight is 555 g/mol. The Kier molecular flexibility index (Phi) is 9.95. The van der Waals surface area contributed by atoms with E-state index < -0.39 is 11.9 Å². The Morgan fingerprint density at radius 2 is 1.77 bits per heavy atom. The van der Waals surface area contributed by atoms with Crippen LogP contribution in [0.1, 0.15) is 78.4 Å². The van der Waals surface area contributed by atoms with Gasteiger partial charge in [0, 0.05) is 42.4 Å². The van der Waals surface area contributed by atoms with Crippen LogP contribution in [-0.2, 0) is 29.1 Å². The van der Waals surface area contributed by atoms with E-state index in [4.69, 9.17) is 16.7 Å². The van der Waals surface area contributed by atoms with Gasteiger partial charge in [-0.1, -0.05) is 49.4 Å². The minimum atomic E-state index is -0.658. The number of urea groups is 1. The van der Waals surface area contributed by atoms with Gasteiger partial charge in [-0.05, 0) is 66.6 Å². The highest BCUT2D eigenvalue weighted by atomic mass is 35.5. The van der Waals surface area contributed by atoms with E-state index in [2.05, 4.69) is 16.0 Å². The predicted octanol–water partition coefficient (Wildman–Crippen LogP) is 4.30. The van der Waals surface area contributed by atoms with Crippen molar-refractivity contribution in [3.05, 3.63) is 63.7 Å². The van der Waals surface area contributed by atoms with Crippen LogP contribution in [0.4, 0.5) is 10.5 Å². The second-order valence-electron chi connectivity index (χ2n) is 10.1. The second-order valence-corrected chi connectivity index (χ2v) is 10.6. The number of benzene rings is 2. The lowest BCUT2D eigenvalue weighted by molar-refractivity contribution is -0.136. The summed E-state index contributed by atoms with van der Waals surface area (Å²) < 4.78 is 0. The maximum Gasteiger partial charge on any atom is 0.319 e. The number of piperidine rings is 1. The fraction of sp³-hybridized carbons (Fsp3) is 0.448. The summed E-state index contributed by atoms with van der Waals surface area (Å²) in [6.45, 7) is 0.801. The van der Waals surface area contributed by atoms with E-state index >= 15 is 0 Å². The molecule has 4 N–H and O–H groups in total. The van der Waals surface area contributed by atoms with Crippen molar-refractivity contribution in [2.45, 2.75) is 76.9 Å². The minimum Gasteiger partial charge on any atom is -0.396 e. The van der Waals surface area contributed by atoms with E-state index in [1.165, 1.54) is 4.90 Å². The zero-order valence-electron chi connectivity index (χ0n) is 21.9. The Balaban J connectivity index is 1.26. The molecule has 2 aliphatic rings. The fourth-order valence-electron chi connectivity index (χ4n) is 5.11. The van der Waals surface area contributed by atoms with Crippen molar-refractivity contribution in [1.29, 1.82) is 0 Å². The van der Waals surface area contributed by atoms with Gasteiger partial charge >= 0.3 is 6.03 Å². The molecule has 2 aromatic carbocycles. The minimum absolute atomic E-state index is 0.209. The molecule has 2 heterocycles. The average Bonchev–Trinajstić information content (AvgIpc) is 3.22. The van der Waals surface area contributed by atoms with Crippen LogP contribution < -0.4 is 16.0 Å². The number of hydrogen-bond donors (Lipinski definition) is 4. The van der Waals surface area contributed by atoms with E-state index in [1.54, 1.807) is 18.2 Å². The predicted molar refractivity (Wildman–Crippen MR) is 148 cm³/mol. The Bertz CT molecular complexity index is 1230.